The van der Waals surface area contributed by atoms with E-state index in [9.17, 15) is 23.9 Å². The number of nitrogens with one attached hydrogen (secondary N) is 1. The van der Waals surface area contributed by atoms with Gasteiger partial charge in [-0.25, -0.2) is 28.9 Å². The highest BCUT2D eigenvalue weighted by atomic mass is 31.2. The van der Waals surface area contributed by atoms with E-state index in [4.69, 9.17) is 39.0 Å². The molecule has 3 fully saturated rings. The number of nitrogen functional groups attached to an aromatic ring is 2. The highest BCUT2D eigenvalue weighted by Crippen LogP contribution is 2.51. The molecular formula is C20H23FN10O11P2. The Morgan fingerprint density at radius 1 is 1.02 bits per heavy atom. The van der Waals surface area contributed by atoms with Gasteiger partial charge in [-0.2, -0.15) is 4.98 Å². The third-order valence-electron chi connectivity index (χ3n) is 7.22. The number of ether oxygens (including phenoxy) is 2. The van der Waals surface area contributed by atoms with E-state index in [1.54, 1.807) is 0 Å². The van der Waals surface area contributed by atoms with Crippen molar-refractivity contribution in [3.05, 3.63) is 29.3 Å². The van der Waals surface area contributed by atoms with Gasteiger partial charge in [-0.3, -0.25) is 37.0 Å². The first-order chi connectivity index (χ1) is 21.0. The smallest absolute Gasteiger partial charge is 0.387 e. The van der Waals surface area contributed by atoms with Crippen LogP contribution in [0.25, 0.3) is 22.3 Å². The van der Waals surface area contributed by atoms with Crippen LogP contribution in [0.15, 0.2) is 23.8 Å². The number of halogens is 1. The standard InChI is InChI=1S/C20H23FN10O11P2/c21-8-12-7(40-18(8)30-4-26-9-14(22)24-3-25-15(9)30)1-37-43(34)41-13-11(32)6(2-38-44(35,36)42-12)39-19(13)31-5-27-10-16(31)28-20(23)29-17(10)33/h3-8,11-13,18-19,32,43H,1-2H2,(H,35,36)(H2,22,24,25)(H3,23,28,29,33). The molecule has 236 valence electrons. The van der Waals surface area contributed by atoms with Gasteiger partial charge in [-0.1, -0.05) is 0 Å². The number of nitrogens with zero attached hydrogens (tertiary/aromatic N) is 7. The van der Waals surface area contributed by atoms with Gasteiger partial charge in [0.2, 0.25) is 5.95 Å². The predicted octanol–water partition coefficient (Wildman–Crippen LogP) is -1.07. The van der Waals surface area contributed by atoms with Crippen molar-refractivity contribution < 1.29 is 51.1 Å². The normalized spacial score (nSPS) is 36.6. The molecule has 0 saturated carbocycles. The highest BCUT2D eigenvalue weighted by molar-refractivity contribution is 7.47. The Kier molecular flexibility index (Phi) is 7.24. The summed E-state index contributed by atoms with van der Waals surface area (Å²) in [5, 5.41) is 11.0. The summed E-state index contributed by atoms with van der Waals surface area (Å²) in [6.07, 6.45) is -9.11. The molecule has 2 bridgehead atoms. The predicted molar refractivity (Wildman–Crippen MR) is 141 cm³/mol. The Morgan fingerprint density at radius 3 is 2.55 bits per heavy atom. The molecule has 7 N–H and O–H groups in total. The van der Waals surface area contributed by atoms with Gasteiger partial charge in [0.25, 0.3) is 5.56 Å². The van der Waals surface area contributed by atoms with Crippen LogP contribution in [0.3, 0.4) is 0 Å². The van der Waals surface area contributed by atoms with Gasteiger partial charge < -0.3 is 35.5 Å². The number of aliphatic hydroxyl groups is 1. The molecule has 0 amide bonds. The lowest BCUT2D eigenvalue weighted by molar-refractivity contribution is -0.0614. The van der Waals surface area contributed by atoms with E-state index in [2.05, 4.69) is 29.9 Å². The van der Waals surface area contributed by atoms with Crippen molar-refractivity contribution in [1.82, 2.24) is 39.0 Å². The van der Waals surface area contributed by atoms with E-state index in [1.165, 1.54) is 15.5 Å². The first-order valence-corrected chi connectivity index (χ1v) is 15.5. The number of nitrogens with two attached hydrogens (primary N) is 2. The number of hydrogen-bond donors (Lipinski definition) is 5. The molecule has 0 aliphatic carbocycles. The summed E-state index contributed by atoms with van der Waals surface area (Å²) < 4.78 is 77.0. The Balaban J connectivity index is 1.18. The number of phosphoric acid groups is 1. The van der Waals surface area contributed by atoms with E-state index in [0.29, 0.717) is 0 Å². The molecule has 7 rings (SSSR count). The van der Waals surface area contributed by atoms with Crippen molar-refractivity contribution in [2.24, 2.45) is 0 Å². The third kappa shape index (κ3) is 4.98. The third-order valence-corrected chi connectivity index (χ3v) is 9.07. The summed E-state index contributed by atoms with van der Waals surface area (Å²) in [4.78, 5) is 45.0. The van der Waals surface area contributed by atoms with Crippen LogP contribution in [0, 0.1) is 0 Å². The quantitative estimate of drug-likeness (QED) is 0.160. The number of rotatable bonds is 2. The highest BCUT2D eigenvalue weighted by Gasteiger charge is 2.53. The van der Waals surface area contributed by atoms with Crippen molar-refractivity contribution in [3.63, 3.8) is 0 Å². The number of aliphatic hydroxyl groups excluding tert-OH is 1. The number of aromatic amines is 1. The fraction of sp³-hybridized carbons (Fsp3) is 0.500. The second-order valence-corrected chi connectivity index (χ2v) is 12.3. The van der Waals surface area contributed by atoms with Crippen LogP contribution in [-0.2, 0) is 36.7 Å². The lowest BCUT2D eigenvalue weighted by Gasteiger charge is -2.24. The fourth-order valence-electron chi connectivity index (χ4n) is 5.22. The molecule has 0 aromatic carbocycles. The number of phosphoric ester groups is 1. The van der Waals surface area contributed by atoms with E-state index in [-0.39, 0.29) is 34.1 Å². The van der Waals surface area contributed by atoms with Crippen LogP contribution in [0.1, 0.15) is 12.5 Å². The molecule has 10 unspecified atom stereocenters. The van der Waals surface area contributed by atoms with Crippen molar-refractivity contribution in [2.45, 2.75) is 49.1 Å². The molecule has 24 heteroatoms. The Labute approximate surface area is 243 Å². The average Bonchev–Trinajstić information content (AvgIpc) is 3.72. The molecule has 10 atom stereocenters. The molecule has 21 nitrogen and oxygen atoms in total. The number of aromatic nitrogens is 8. The zero-order valence-electron chi connectivity index (χ0n) is 21.9. The second-order valence-electron chi connectivity index (χ2n) is 9.90. The van der Waals surface area contributed by atoms with Crippen LogP contribution in [-0.4, -0.2) is 98.9 Å². The molecule has 4 aromatic heterocycles. The summed E-state index contributed by atoms with van der Waals surface area (Å²) in [6.45, 7) is -1.42. The van der Waals surface area contributed by atoms with E-state index >= 15 is 4.39 Å². The molecule has 3 saturated heterocycles. The van der Waals surface area contributed by atoms with Gasteiger partial charge >= 0.3 is 16.1 Å². The molecule has 0 radical (unpaired) electrons. The number of H-pyrrole nitrogens is 1. The van der Waals surface area contributed by atoms with Gasteiger partial charge in [-0.15, -0.1) is 0 Å². The first-order valence-electron chi connectivity index (χ1n) is 12.8. The summed E-state index contributed by atoms with van der Waals surface area (Å²) in [7, 11) is -8.57. The molecule has 3 aliphatic heterocycles. The van der Waals surface area contributed by atoms with Crippen LogP contribution in [0.5, 0.6) is 0 Å². The van der Waals surface area contributed by atoms with Crippen molar-refractivity contribution in [1.29, 1.82) is 0 Å². The Bertz CT molecular complexity index is 1870. The van der Waals surface area contributed by atoms with Gasteiger partial charge in [0.05, 0.1) is 25.9 Å². The molecule has 7 heterocycles. The lowest BCUT2D eigenvalue weighted by Crippen LogP contribution is -2.35. The maximum Gasteiger partial charge on any atom is 0.472 e. The largest absolute Gasteiger partial charge is 0.472 e. The minimum Gasteiger partial charge on any atom is -0.387 e. The van der Waals surface area contributed by atoms with Crippen molar-refractivity contribution >= 4 is 50.2 Å². The summed E-state index contributed by atoms with van der Waals surface area (Å²) in [5.41, 5.74) is 10.9. The van der Waals surface area contributed by atoms with E-state index in [1.807, 2.05) is 0 Å². The molecule has 44 heavy (non-hydrogen) atoms. The monoisotopic (exact) mass is 660 g/mol. The Hall–Kier alpha value is -3.43. The first kappa shape index (κ1) is 29.3. The maximum atomic E-state index is 15.8. The van der Waals surface area contributed by atoms with Crippen LogP contribution < -0.4 is 17.0 Å². The van der Waals surface area contributed by atoms with Crippen molar-refractivity contribution in [3.8, 4) is 0 Å². The number of imidazole rings is 2. The summed E-state index contributed by atoms with van der Waals surface area (Å²) in [5.74, 6) is -0.215. The van der Waals surface area contributed by atoms with E-state index < -0.39 is 84.0 Å². The van der Waals surface area contributed by atoms with Crippen LogP contribution >= 0.6 is 16.1 Å². The average molecular weight is 660 g/mol. The summed E-state index contributed by atoms with van der Waals surface area (Å²) in [6, 6.07) is 0. The number of alkyl halides is 1. The minimum atomic E-state index is -5.07. The number of fused-ring (bicyclic) bond motifs is 5. The fourth-order valence-corrected chi connectivity index (χ4v) is 7.02. The lowest BCUT2D eigenvalue weighted by atomic mass is 10.1. The topological polar surface area (TPSA) is 289 Å². The van der Waals surface area contributed by atoms with E-state index in [0.717, 1.165) is 12.7 Å². The molecular weight excluding hydrogens is 637 g/mol. The zero-order chi connectivity index (χ0) is 30.9. The van der Waals surface area contributed by atoms with Crippen LogP contribution in [0.2, 0.25) is 0 Å². The van der Waals surface area contributed by atoms with Crippen molar-refractivity contribution in [2.75, 3.05) is 24.7 Å². The van der Waals surface area contributed by atoms with Crippen LogP contribution in [0.4, 0.5) is 16.2 Å². The Morgan fingerprint density at radius 2 is 1.75 bits per heavy atom. The molecule has 4 aromatic rings. The molecule has 3 aliphatic rings. The number of anilines is 2. The maximum absolute atomic E-state index is 15.8. The van der Waals surface area contributed by atoms with Gasteiger partial charge in [0.1, 0.15) is 42.4 Å². The number of hydrogen-bond acceptors (Lipinski definition) is 17. The molecule has 0 spiro atoms. The van der Waals surface area contributed by atoms with Gasteiger partial charge in [0.15, 0.2) is 41.3 Å². The summed E-state index contributed by atoms with van der Waals surface area (Å²) >= 11 is 0. The zero-order valence-corrected chi connectivity index (χ0v) is 23.8. The minimum absolute atomic E-state index is 0.0281. The SMILES string of the molecule is Nc1nc2c(ncn2C2OC3COP(=O)(O)OC4C(CO[PH](=O)OC2C3O)OC(n2cnc3c(N)ncnc32)C4F)c(=O)[nH]1. The van der Waals surface area contributed by atoms with Gasteiger partial charge in [0, 0.05) is 0 Å². The second kappa shape index (κ2) is 10.9. The van der Waals surface area contributed by atoms with Gasteiger partial charge in [-0.05, 0) is 0 Å².